The average molecular weight is 450 g/mol. The first-order valence-electron chi connectivity index (χ1n) is 11.2. The molecular formula is C30H21F2NO. The molecule has 0 spiro atoms. The van der Waals surface area contributed by atoms with Gasteiger partial charge in [-0.05, 0) is 21.9 Å². The molecule has 34 heavy (non-hydrogen) atoms. The van der Waals surface area contributed by atoms with Crippen LogP contribution in [0.4, 0.5) is 14.5 Å². The van der Waals surface area contributed by atoms with Gasteiger partial charge in [-0.1, -0.05) is 97.1 Å². The summed E-state index contributed by atoms with van der Waals surface area (Å²) in [5, 5.41) is 4.19. The lowest BCUT2D eigenvalue weighted by atomic mass is 9.85. The van der Waals surface area contributed by atoms with Crippen LogP contribution in [0.1, 0.15) is 22.3 Å². The number of hydrogen-bond acceptors (Lipinski definition) is 2. The Hall–Kier alpha value is -4.05. The molecule has 0 aliphatic carbocycles. The van der Waals surface area contributed by atoms with Crippen LogP contribution in [0.5, 0.6) is 5.75 Å². The summed E-state index contributed by atoms with van der Waals surface area (Å²) >= 11 is 0. The van der Waals surface area contributed by atoms with E-state index in [4.69, 9.17) is 9.73 Å². The Kier molecular flexibility index (Phi) is 4.88. The van der Waals surface area contributed by atoms with E-state index in [0.717, 1.165) is 38.4 Å². The molecule has 0 unspecified atom stereocenters. The van der Waals surface area contributed by atoms with Crippen molar-refractivity contribution in [2.75, 3.05) is 0 Å². The fourth-order valence-electron chi connectivity index (χ4n) is 4.78. The zero-order valence-corrected chi connectivity index (χ0v) is 18.3. The summed E-state index contributed by atoms with van der Waals surface area (Å²) < 4.78 is 33.4. The van der Waals surface area contributed by atoms with Gasteiger partial charge in [0.2, 0.25) is 0 Å². The van der Waals surface area contributed by atoms with Crippen molar-refractivity contribution in [1.82, 2.24) is 0 Å². The normalized spacial score (nSPS) is 14.2. The number of rotatable bonds is 4. The first-order valence-corrected chi connectivity index (χ1v) is 11.2. The molecule has 0 fully saturated rings. The topological polar surface area (TPSA) is 21.6 Å². The lowest BCUT2D eigenvalue weighted by Crippen LogP contribution is -2.38. The van der Waals surface area contributed by atoms with E-state index >= 15 is 0 Å². The van der Waals surface area contributed by atoms with Gasteiger partial charge >= 0.3 is 0 Å². The third-order valence-corrected chi connectivity index (χ3v) is 6.57. The van der Waals surface area contributed by atoms with Crippen LogP contribution in [0, 0.1) is 0 Å². The summed E-state index contributed by atoms with van der Waals surface area (Å²) in [5.74, 6) is 0.695. The Morgan fingerprint density at radius 3 is 1.59 bits per heavy atom. The molecule has 0 aromatic heterocycles. The Bertz CT molecular complexity index is 1490. The fourth-order valence-corrected chi connectivity index (χ4v) is 4.78. The maximum absolute atomic E-state index is 13.2. The van der Waals surface area contributed by atoms with E-state index in [0.29, 0.717) is 16.9 Å². The minimum absolute atomic E-state index is 0.535. The van der Waals surface area contributed by atoms with Crippen LogP contribution >= 0.6 is 0 Å². The number of nitrogens with zero attached hydrogens (tertiary/aromatic N) is 1. The molecule has 0 bridgehead atoms. The quantitative estimate of drug-likeness (QED) is 0.255. The van der Waals surface area contributed by atoms with E-state index in [9.17, 15) is 8.78 Å². The second kappa shape index (κ2) is 8.07. The number of alkyl halides is 2. The zero-order valence-electron chi connectivity index (χ0n) is 18.3. The standard InChI is InChI=1S/C30H21F2NO/c31-17-20-9-13-22(14-10-20)30(23-15-11-21(18-32)12-16-23)19-33-28-26-7-3-1-5-24(26)25-6-2-4-8-27(25)29(28)34-30/h1-16,19H,17-18H2. The Morgan fingerprint density at radius 2 is 1.06 bits per heavy atom. The van der Waals surface area contributed by atoms with E-state index in [1.54, 1.807) is 24.3 Å². The number of benzene rings is 5. The van der Waals surface area contributed by atoms with E-state index in [2.05, 4.69) is 18.2 Å². The minimum Gasteiger partial charge on any atom is -0.469 e. The largest absolute Gasteiger partial charge is 0.469 e. The number of aliphatic imine (C=N–C) groups is 1. The van der Waals surface area contributed by atoms with Crippen molar-refractivity contribution in [1.29, 1.82) is 0 Å². The summed E-state index contributed by atoms with van der Waals surface area (Å²) in [6.45, 7) is -1.07. The van der Waals surface area contributed by atoms with Crippen LogP contribution in [0.2, 0.25) is 0 Å². The highest BCUT2D eigenvalue weighted by atomic mass is 19.1. The van der Waals surface area contributed by atoms with Crippen LogP contribution in [-0.4, -0.2) is 6.21 Å². The molecule has 0 N–H and O–H groups in total. The zero-order chi connectivity index (χ0) is 23.1. The second-order valence-electron chi connectivity index (χ2n) is 8.53. The molecular weight excluding hydrogens is 428 g/mol. The van der Waals surface area contributed by atoms with Gasteiger partial charge < -0.3 is 4.74 Å². The number of halogens is 2. The molecule has 6 rings (SSSR count). The molecule has 0 saturated carbocycles. The van der Waals surface area contributed by atoms with E-state index in [-0.39, 0.29) is 0 Å². The smallest absolute Gasteiger partial charge is 0.194 e. The van der Waals surface area contributed by atoms with E-state index in [1.165, 1.54) is 0 Å². The Morgan fingerprint density at radius 1 is 0.588 bits per heavy atom. The molecule has 0 amide bonds. The van der Waals surface area contributed by atoms with Gasteiger partial charge in [0.25, 0.3) is 0 Å². The second-order valence-corrected chi connectivity index (χ2v) is 8.53. The minimum atomic E-state index is -1.04. The van der Waals surface area contributed by atoms with Crippen LogP contribution in [0.25, 0.3) is 21.5 Å². The van der Waals surface area contributed by atoms with Crippen molar-refractivity contribution in [2.45, 2.75) is 19.0 Å². The van der Waals surface area contributed by atoms with Crippen LogP contribution in [0.3, 0.4) is 0 Å². The molecule has 0 radical (unpaired) electrons. The molecule has 5 aromatic rings. The predicted molar refractivity (Wildman–Crippen MR) is 134 cm³/mol. The van der Waals surface area contributed by atoms with E-state index < -0.39 is 19.0 Å². The summed E-state index contributed by atoms with van der Waals surface area (Å²) in [5.41, 5.74) is 2.58. The maximum atomic E-state index is 13.2. The molecule has 0 atom stereocenters. The van der Waals surface area contributed by atoms with Gasteiger partial charge in [-0.3, -0.25) is 4.99 Å². The summed E-state index contributed by atoms with van der Waals surface area (Å²) in [6.07, 6.45) is 1.81. The number of ether oxygens (including phenoxy) is 1. The molecule has 2 nitrogen and oxygen atoms in total. The molecule has 4 heteroatoms. The van der Waals surface area contributed by atoms with Crippen LogP contribution in [-0.2, 0) is 19.0 Å². The van der Waals surface area contributed by atoms with Gasteiger partial charge in [-0.2, -0.15) is 0 Å². The molecule has 1 heterocycles. The Balaban J connectivity index is 1.63. The maximum Gasteiger partial charge on any atom is 0.194 e. The molecule has 1 aliphatic rings. The van der Waals surface area contributed by atoms with Crippen LogP contribution in [0.15, 0.2) is 102 Å². The van der Waals surface area contributed by atoms with Crippen LogP contribution < -0.4 is 4.74 Å². The lowest BCUT2D eigenvalue weighted by Gasteiger charge is -2.36. The van der Waals surface area contributed by atoms with Gasteiger partial charge in [0, 0.05) is 21.9 Å². The highest BCUT2D eigenvalue weighted by Gasteiger charge is 2.39. The molecule has 0 saturated heterocycles. The van der Waals surface area contributed by atoms with Crippen molar-refractivity contribution in [3.63, 3.8) is 0 Å². The third kappa shape index (κ3) is 3.10. The SMILES string of the molecule is FCc1ccc(C2(c3ccc(CF)cc3)C=Nc3c(c4ccccc4c4ccccc34)O2)cc1. The molecule has 166 valence electrons. The van der Waals surface area contributed by atoms with Gasteiger partial charge in [-0.25, -0.2) is 8.78 Å². The average Bonchev–Trinajstić information content (AvgIpc) is 2.93. The van der Waals surface area contributed by atoms with Crippen molar-refractivity contribution in [3.05, 3.63) is 119 Å². The van der Waals surface area contributed by atoms with Gasteiger partial charge in [-0.15, -0.1) is 0 Å². The molecule has 5 aromatic carbocycles. The van der Waals surface area contributed by atoms with Crippen molar-refractivity contribution >= 4 is 33.4 Å². The first kappa shape index (κ1) is 20.5. The van der Waals surface area contributed by atoms with Gasteiger partial charge in [0.1, 0.15) is 19.0 Å². The molecule has 1 aliphatic heterocycles. The predicted octanol–water partition coefficient (Wildman–Crippen LogP) is 7.97. The first-order chi connectivity index (χ1) is 16.7. The summed E-state index contributed by atoms with van der Waals surface area (Å²) in [6, 6.07) is 30.9. The summed E-state index contributed by atoms with van der Waals surface area (Å²) in [7, 11) is 0. The van der Waals surface area contributed by atoms with Crippen molar-refractivity contribution in [3.8, 4) is 5.75 Å². The fraction of sp³-hybridized carbons (Fsp3) is 0.100. The third-order valence-electron chi connectivity index (χ3n) is 6.57. The number of hydrogen-bond donors (Lipinski definition) is 0. The highest BCUT2D eigenvalue weighted by molar-refractivity contribution is 6.17. The highest BCUT2D eigenvalue weighted by Crippen LogP contribution is 2.49. The Labute approximate surface area is 196 Å². The lowest BCUT2D eigenvalue weighted by molar-refractivity contribution is 0.190. The summed E-state index contributed by atoms with van der Waals surface area (Å²) in [4.78, 5) is 4.96. The van der Waals surface area contributed by atoms with E-state index in [1.807, 2.05) is 60.8 Å². The van der Waals surface area contributed by atoms with Gasteiger partial charge in [0.05, 0.1) is 6.21 Å². The van der Waals surface area contributed by atoms with Crippen molar-refractivity contribution < 1.29 is 13.5 Å². The number of fused-ring (bicyclic) bond motifs is 6. The van der Waals surface area contributed by atoms with Gasteiger partial charge in [0.15, 0.2) is 11.4 Å². The van der Waals surface area contributed by atoms with Crippen molar-refractivity contribution in [2.24, 2.45) is 4.99 Å². The monoisotopic (exact) mass is 449 g/mol.